The molecule has 4 heteroatoms. The molecular formula is C6H10O3S. The lowest BCUT2D eigenvalue weighted by molar-refractivity contribution is 0.346. The molecule has 10 heavy (non-hydrogen) atoms. The quantitative estimate of drug-likeness (QED) is 0.502. The smallest absolute Gasteiger partial charge is 0.150 e. The highest BCUT2D eigenvalue weighted by Crippen LogP contribution is 2.29. The van der Waals surface area contributed by atoms with E-state index in [1.807, 2.05) is 0 Å². The maximum Gasteiger partial charge on any atom is 0.150 e. The lowest BCUT2D eigenvalue weighted by Gasteiger charge is -1.98. The molecule has 2 rings (SSSR count). The van der Waals surface area contributed by atoms with E-state index in [0.29, 0.717) is 17.4 Å². The van der Waals surface area contributed by atoms with Crippen LogP contribution in [0.3, 0.4) is 0 Å². The van der Waals surface area contributed by atoms with Crippen molar-refractivity contribution in [2.24, 2.45) is 5.92 Å². The minimum Gasteiger partial charge on any atom is -0.373 e. The topological polar surface area (TPSA) is 46.7 Å². The fraction of sp³-hybridized carbons (Fsp3) is 1.00. The van der Waals surface area contributed by atoms with Crippen LogP contribution in [-0.2, 0) is 14.6 Å². The van der Waals surface area contributed by atoms with Gasteiger partial charge in [0, 0.05) is 5.92 Å². The summed E-state index contributed by atoms with van der Waals surface area (Å²) in [4.78, 5) is 0. The number of rotatable bonds is 1. The Morgan fingerprint density at radius 1 is 1.40 bits per heavy atom. The van der Waals surface area contributed by atoms with Crippen molar-refractivity contribution in [1.29, 1.82) is 0 Å². The molecule has 2 saturated heterocycles. The summed E-state index contributed by atoms with van der Waals surface area (Å²) < 4.78 is 26.9. The monoisotopic (exact) mass is 162 g/mol. The largest absolute Gasteiger partial charge is 0.373 e. The Morgan fingerprint density at radius 3 is 2.50 bits per heavy atom. The summed E-state index contributed by atoms with van der Waals surface area (Å²) in [5.41, 5.74) is 0. The third-order valence-electron chi connectivity index (χ3n) is 2.15. The van der Waals surface area contributed by atoms with Gasteiger partial charge in [0.1, 0.15) is 0 Å². The highest BCUT2D eigenvalue weighted by atomic mass is 32.2. The van der Waals surface area contributed by atoms with Crippen molar-refractivity contribution in [3.63, 3.8) is 0 Å². The third kappa shape index (κ3) is 1.18. The molecule has 2 heterocycles. The zero-order chi connectivity index (χ0) is 7.19. The van der Waals surface area contributed by atoms with Gasteiger partial charge in [-0.3, -0.25) is 0 Å². The Labute approximate surface area is 60.3 Å². The van der Waals surface area contributed by atoms with Crippen LogP contribution in [-0.4, -0.2) is 32.6 Å². The third-order valence-corrected chi connectivity index (χ3v) is 3.95. The van der Waals surface area contributed by atoms with Crippen LogP contribution in [0.15, 0.2) is 0 Å². The Hall–Kier alpha value is -0.0900. The molecule has 0 bridgehead atoms. The summed E-state index contributed by atoms with van der Waals surface area (Å²) in [5.74, 6) is 1.04. The van der Waals surface area contributed by atoms with E-state index in [9.17, 15) is 8.42 Å². The number of hydrogen-bond donors (Lipinski definition) is 0. The van der Waals surface area contributed by atoms with Crippen LogP contribution in [0.4, 0.5) is 0 Å². The van der Waals surface area contributed by atoms with Gasteiger partial charge in [0.05, 0.1) is 24.2 Å². The molecule has 0 aromatic rings. The first-order valence-corrected chi connectivity index (χ1v) is 5.31. The highest BCUT2D eigenvalue weighted by Gasteiger charge is 2.40. The minimum atomic E-state index is -2.68. The van der Waals surface area contributed by atoms with E-state index in [4.69, 9.17) is 4.74 Å². The highest BCUT2D eigenvalue weighted by molar-refractivity contribution is 7.91. The summed E-state index contributed by atoms with van der Waals surface area (Å²) >= 11 is 0. The summed E-state index contributed by atoms with van der Waals surface area (Å²) in [6, 6.07) is 0. The second kappa shape index (κ2) is 1.95. The molecule has 2 aliphatic rings. The molecule has 2 atom stereocenters. The van der Waals surface area contributed by atoms with E-state index < -0.39 is 9.84 Å². The van der Waals surface area contributed by atoms with Crippen LogP contribution in [0.2, 0.25) is 0 Å². The fourth-order valence-corrected chi connectivity index (χ4v) is 3.31. The van der Waals surface area contributed by atoms with Gasteiger partial charge in [0.25, 0.3) is 0 Å². The van der Waals surface area contributed by atoms with E-state index in [0.717, 1.165) is 13.0 Å². The van der Waals surface area contributed by atoms with Crippen LogP contribution in [0.25, 0.3) is 0 Å². The number of sulfone groups is 1. The van der Waals surface area contributed by atoms with Gasteiger partial charge in [0.15, 0.2) is 9.84 Å². The molecule has 0 saturated carbocycles. The van der Waals surface area contributed by atoms with Crippen molar-refractivity contribution in [2.75, 3.05) is 18.1 Å². The zero-order valence-electron chi connectivity index (χ0n) is 5.62. The predicted molar refractivity (Wildman–Crippen MR) is 36.5 cm³/mol. The van der Waals surface area contributed by atoms with Crippen LogP contribution in [0.5, 0.6) is 0 Å². The van der Waals surface area contributed by atoms with Crippen molar-refractivity contribution in [3.8, 4) is 0 Å². The average molecular weight is 162 g/mol. The van der Waals surface area contributed by atoms with Crippen LogP contribution in [0, 0.1) is 5.92 Å². The predicted octanol–water partition coefficient (Wildman–Crippen LogP) is -0.180. The number of ether oxygens (including phenoxy) is 1. The average Bonchev–Trinajstić information content (AvgIpc) is 2.59. The van der Waals surface area contributed by atoms with Crippen LogP contribution in [0.1, 0.15) is 6.42 Å². The van der Waals surface area contributed by atoms with Gasteiger partial charge in [-0.15, -0.1) is 0 Å². The van der Waals surface area contributed by atoms with Crippen molar-refractivity contribution >= 4 is 9.84 Å². The Balaban J connectivity index is 2.05. The van der Waals surface area contributed by atoms with Crippen LogP contribution >= 0.6 is 0 Å². The van der Waals surface area contributed by atoms with E-state index in [2.05, 4.69) is 0 Å². The second-order valence-corrected chi connectivity index (χ2v) is 5.26. The molecule has 2 fully saturated rings. The van der Waals surface area contributed by atoms with Gasteiger partial charge in [0.2, 0.25) is 0 Å². The van der Waals surface area contributed by atoms with Gasteiger partial charge in [-0.05, 0) is 6.42 Å². The number of hydrogen-bond acceptors (Lipinski definition) is 3. The normalized spacial score (nSPS) is 43.6. The Kier molecular flexibility index (Phi) is 1.29. The maximum atomic E-state index is 10.9. The van der Waals surface area contributed by atoms with E-state index in [1.165, 1.54) is 0 Å². The lowest BCUT2D eigenvalue weighted by atomic mass is 10.1. The molecule has 0 spiro atoms. The molecule has 0 amide bonds. The summed E-state index contributed by atoms with van der Waals surface area (Å²) in [7, 11) is -2.68. The van der Waals surface area contributed by atoms with Gasteiger partial charge in [-0.1, -0.05) is 0 Å². The molecule has 0 aliphatic carbocycles. The Bertz CT molecular complexity index is 227. The van der Waals surface area contributed by atoms with E-state index in [-0.39, 0.29) is 6.10 Å². The molecule has 0 radical (unpaired) electrons. The molecule has 0 aromatic heterocycles. The Morgan fingerprint density at radius 2 is 2.10 bits per heavy atom. The summed E-state index contributed by atoms with van der Waals surface area (Å²) in [5, 5.41) is 0. The zero-order valence-corrected chi connectivity index (χ0v) is 6.43. The van der Waals surface area contributed by atoms with E-state index in [1.54, 1.807) is 0 Å². The summed E-state index contributed by atoms with van der Waals surface area (Å²) in [6.07, 6.45) is 1.09. The van der Waals surface area contributed by atoms with E-state index >= 15 is 0 Å². The molecule has 2 aliphatic heterocycles. The van der Waals surface area contributed by atoms with Gasteiger partial charge in [-0.2, -0.15) is 0 Å². The first-order chi connectivity index (χ1) is 4.67. The van der Waals surface area contributed by atoms with Crippen molar-refractivity contribution < 1.29 is 13.2 Å². The van der Waals surface area contributed by atoms with Crippen molar-refractivity contribution in [3.05, 3.63) is 0 Å². The number of epoxide rings is 1. The molecular weight excluding hydrogens is 152 g/mol. The van der Waals surface area contributed by atoms with Crippen molar-refractivity contribution in [1.82, 2.24) is 0 Å². The molecule has 0 aromatic carbocycles. The lowest BCUT2D eigenvalue weighted by Crippen LogP contribution is -2.09. The molecule has 1 unspecified atom stereocenters. The van der Waals surface area contributed by atoms with Gasteiger partial charge >= 0.3 is 0 Å². The van der Waals surface area contributed by atoms with Gasteiger partial charge < -0.3 is 4.74 Å². The van der Waals surface area contributed by atoms with Gasteiger partial charge in [-0.25, -0.2) is 8.42 Å². The first kappa shape index (κ1) is 6.61. The minimum absolute atomic E-state index is 0.275. The first-order valence-electron chi connectivity index (χ1n) is 3.49. The SMILES string of the molecule is O=S1(=O)CCC([C@H]2CO2)C1. The summed E-state index contributed by atoms with van der Waals surface area (Å²) in [6.45, 7) is 0.778. The molecule has 58 valence electrons. The van der Waals surface area contributed by atoms with Crippen LogP contribution < -0.4 is 0 Å². The maximum absolute atomic E-state index is 10.9. The van der Waals surface area contributed by atoms with Crippen molar-refractivity contribution in [2.45, 2.75) is 12.5 Å². The standard InChI is InChI=1S/C6H10O3S/c7-10(8)2-1-5(4-10)6-3-9-6/h5-6H,1-4H2/t5?,6-/m1/s1. The fourth-order valence-electron chi connectivity index (χ4n) is 1.44. The molecule has 0 N–H and O–H groups in total. The second-order valence-electron chi connectivity index (χ2n) is 3.03. The molecule has 3 nitrogen and oxygen atoms in total.